The smallest absolute Gasteiger partial charge is 0.343 e. The van der Waals surface area contributed by atoms with E-state index in [9.17, 15) is 14.0 Å². The van der Waals surface area contributed by atoms with E-state index in [4.69, 9.17) is 4.74 Å². The number of ether oxygens (including phenoxy) is 2. The van der Waals surface area contributed by atoms with Crippen molar-refractivity contribution in [3.05, 3.63) is 77.1 Å². The minimum atomic E-state index is -0.480. The van der Waals surface area contributed by atoms with E-state index in [1.165, 1.54) is 36.7 Å². The van der Waals surface area contributed by atoms with Gasteiger partial charge in [0.1, 0.15) is 16.6 Å². The first-order chi connectivity index (χ1) is 13.5. The quantitative estimate of drug-likeness (QED) is 0.336. The summed E-state index contributed by atoms with van der Waals surface area (Å²) in [5.74, 6) is -0.496. The minimum Gasteiger partial charge on any atom is -0.482 e. The van der Waals surface area contributed by atoms with Gasteiger partial charge in [0.25, 0.3) is 0 Å². The maximum Gasteiger partial charge on any atom is 0.343 e. The third kappa shape index (κ3) is 5.11. The number of benzene rings is 2. The number of carbonyl (C=O) groups excluding carboxylic acids is 2. The van der Waals surface area contributed by atoms with Crippen molar-refractivity contribution in [1.82, 2.24) is 4.98 Å². The lowest BCUT2D eigenvalue weighted by atomic mass is 10.1. The summed E-state index contributed by atoms with van der Waals surface area (Å²) in [6.07, 6.45) is 3.07. The summed E-state index contributed by atoms with van der Waals surface area (Å²) >= 11 is 1.42. The van der Waals surface area contributed by atoms with E-state index in [2.05, 4.69) is 9.72 Å². The zero-order valence-electron chi connectivity index (χ0n) is 14.9. The molecule has 1 heterocycles. The van der Waals surface area contributed by atoms with Crippen molar-refractivity contribution in [2.24, 2.45) is 0 Å². The van der Waals surface area contributed by atoms with Gasteiger partial charge in [-0.3, -0.25) is 4.79 Å². The second kappa shape index (κ2) is 9.05. The van der Waals surface area contributed by atoms with Crippen LogP contribution in [-0.2, 0) is 9.53 Å². The minimum absolute atomic E-state index is 0.184. The van der Waals surface area contributed by atoms with Gasteiger partial charge in [0.2, 0.25) is 0 Å². The number of allylic oxidation sites excluding steroid dienone is 1. The summed E-state index contributed by atoms with van der Waals surface area (Å²) in [5, 5.41) is 2.57. The van der Waals surface area contributed by atoms with Crippen LogP contribution < -0.4 is 4.74 Å². The lowest BCUT2D eigenvalue weighted by Crippen LogP contribution is -2.12. The Morgan fingerprint density at radius 1 is 1.11 bits per heavy atom. The van der Waals surface area contributed by atoms with E-state index in [1.54, 1.807) is 42.5 Å². The summed E-state index contributed by atoms with van der Waals surface area (Å²) in [7, 11) is 1.28. The molecular weight excluding hydrogens is 381 g/mol. The largest absolute Gasteiger partial charge is 0.482 e. The van der Waals surface area contributed by atoms with Crippen LogP contribution >= 0.6 is 11.3 Å². The number of rotatable bonds is 7. The van der Waals surface area contributed by atoms with Crippen molar-refractivity contribution in [1.29, 1.82) is 0 Å². The lowest BCUT2D eigenvalue weighted by Gasteiger charge is -2.04. The molecule has 0 bridgehead atoms. The molecule has 0 N–H and O–H groups in total. The van der Waals surface area contributed by atoms with Crippen LogP contribution in [-0.4, -0.2) is 30.5 Å². The molecule has 0 saturated heterocycles. The third-order valence-electron chi connectivity index (χ3n) is 3.74. The average molecular weight is 397 g/mol. The van der Waals surface area contributed by atoms with Gasteiger partial charge >= 0.3 is 5.97 Å². The van der Waals surface area contributed by atoms with Crippen LogP contribution in [0, 0.1) is 5.82 Å². The van der Waals surface area contributed by atoms with Crippen molar-refractivity contribution in [3.63, 3.8) is 0 Å². The molecule has 0 aliphatic heterocycles. The highest BCUT2D eigenvalue weighted by Crippen LogP contribution is 2.24. The fourth-order valence-corrected chi connectivity index (χ4v) is 3.06. The van der Waals surface area contributed by atoms with Crippen LogP contribution in [0.25, 0.3) is 16.6 Å². The standard InChI is InChI=1S/C21H16FNO4S/c1-26-20(25)12-27-18-9-4-14(5-10-18)19(24)11-8-17-13-28-21(23-17)15-2-6-16(22)7-3-15/h2-11,13H,12H2,1H3/b11-8+. The Bertz CT molecular complexity index is 994. The zero-order chi connectivity index (χ0) is 19.9. The van der Waals surface area contributed by atoms with Crippen LogP contribution in [0.1, 0.15) is 16.1 Å². The molecule has 0 unspecified atom stereocenters. The van der Waals surface area contributed by atoms with Crippen LogP contribution in [0.15, 0.2) is 60.0 Å². The van der Waals surface area contributed by atoms with Crippen LogP contribution in [0.4, 0.5) is 4.39 Å². The van der Waals surface area contributed by atoms with Gasteiger partial charge in [-0.2, -0.15) is 0 Å². The second-order valence-electron chi connectivity index (χ2n) is 5.67. The Labute approximate surface area is 165 Å². The molecule has 1 aromatic heterocycles. The molecule has 3 rings (SSSR count). The highest BCUT2D eigenvalue weighted by molar-refractivity contribution is 7.13. The van der Waals surface area contributed by atoms with Gasteiger partial charge in [-0.15, -0.1) is 11.3 Å². The molecule has 0 spiro atoms. The van der Waals surface area contributed by atoms with Crippen molar-refractivity contribution >= 4 is 29.2 Å². The first kappa shape index (κ1) is 19.4. The number of hydrogen-bond donors (Lipinski definition) is 0. The van der Waals surface area contributed by atoms with Gasteiger partial charge < -0.3 is 9.47 Å². The summed E-state index contributed by atoms with van der Waals surface area (Å²) < 4.78 is 22.7. The van der Waals surface area contributed by atoms with Gasteiger partial charge in [0.15, 0.2) is 12.4 Å². The van der Waals surface area contributed by atoms with Crippen molar-refractivity contribution in [3.8, 4) is 16.3 Å². The molecule has 142 valence electrons. The number of carbonyl (C=O) groups is 2. The first-order valence-electron chi connectivity index (χ1n) is 8.29. The Morgan fingerprint density at radius 3 is 2.50 bits per heavy atom. The SMILES string of the molecule is COC(=O)COc1ccc(C(=O)/C=C/c2csc(-c3ccc(F)cc3)n2)cc1. The molecule has 0 radical (unpaired) electrons. The number of thiazole rings is 1. The predicted molar refractivity (Wildman–Crippen MR) is 105 cm³/mol. The summed E-state index contributed by atoms with van der Waals surface area (Å²) in [6.45, 7) is -0.191. The number of aromatic nitrogens is 1. The Balaban J connectivity index is 1.62. The monoisotopic (exact) mass is 397 g/mol. The highest BCUT2D eigenvalue weighted by Gasteiger charge is 2.06. The molecule has 2 aromatic carbocycles. The van der Waals surface area contributed by atoms with Gasteiger partial charge in [-0.05, 0) is 60.7 Å². The van der Waals surface area contributed by atoms with E-state index in [1.807, 2.05) is 5.38 Å². The van der Waals surface area contributed by atoms with Crippen molar-refractivity contribution in [2.75, 3.05) is 13.7 Å². The van der Waals surface area contributed by atoms with Crippen molar-refractivity contribution in [2.45, 2.75) is 0 Å². The van der Waals surface area contributed by atoms with Crippen LogP contribution in [0.5, 0.6) is 5.75 Å². The number of nitrogens with zero attached hydrogens (tertiary/aromatic N) is 1. The summed E-state index contributed by atoms with van der Waals surface area (Å²) in [5.41, 5.74) is 1.95. The molecule has 7 heteroatoms. The average Bonchev–Trinajstić information content (AvgIpc) is 3.20. The van der Waals surface area contributed by atoms with E-state index >= 15 is 0 Å². The van der Waals surface area contributed by atoms with Gasteiger partial charge in [0.05, 0.1) is 12.8 Å². The number of esters is 1. The Hall–Kier alpha value is -3.32. The molecule has 0 aliphatic carbocycles. The topological polar surface area (TPSA) is 65.5 Å². The highest BCUT2D eigenvalue weighted by atomic mass is 32.1. The molecule has 0 fully saturated rings. The fourth-order valence-electron chi connectivity index (χ4n) is 2.26. The molecule has 5 nitrogen and oxygen atoms in total. The maximum atomic E-state index is 13.0. The Kier molecular flexibility index (Phi) is 6.29. The van der Waals surface area contributed by atoms with Crippen LogP contribution in [0.2, 0.25) is 0 Å². The molecule has 3 aromatic rings. The van der Waals surface area contributed by atoms with E-state index < -0.39 is 5.97 Å². The summed E-state index contributed by atoms with van der Waals surface area (Å²) in [6, 6.07) is 12.5. The van der Waals surface area contributed by atoms with Gasteiger partial charge in [-0.1, -0.05) is 0 Å². The molecule has 0 atom stereocenters. The normalized spacial score (nSPS) is 10.8. The van der Waals surface area contributed by atoms with Gasteiger partial charge in [0, 0.05) is 16.5 Å². The number of ketones is 1. The molecule has 0 amide bonds. The lowest BCUT2D eigenvalue weighted by molar-refractivity contribution is -0.142. The molecule has 0 aliphatic rings. The predicted octanol–water partition coefficient (Wildman–Crippen LogP) is 4.40. The second-order valence-corrected chi connectivity index (χ2v) is 6.53. The number of methoxy groups -OCH3 is 1. The molecule has 0 saturated carbocycles. The van der Waals surface area contributed by atoms with Crippen LogP contribution in [0.3, 0.4) is 0 Å². The Morgan fingerprint density at radius 2 is 1.82 bits per heavy atom. The fraction of sp³-hybridized carbons (Fsp3) is 0.0952. The maximum absolute atomic E-state index is 13.0. The summed E-state index contributed by atoms with van der Waals surface area (Å²) in [4.78, 5) is 27.8. The number of halogens is 1. The van der Waals surface area contributed by atoms with E-state index in [0.717, 1.165) is 10.6 Å². The molecular formula is C21H16FNO4S. The number of hydrogen-bond acceptors (Lipinski definition) is 6. The third-order valence-corrected chi connectivity index (χ3v) is 4.65. The molecule has 28 heavy (non-hydrogen) atoms. The zero-order valence-corrected chi connectivity index (χ0v) is 15.7. The van der Waals surface area contributed by atoms with Crippen molar-refractivity contribution < 1.29 is 23.5 Å². The van der Waals surface area contributed by atoms with Gasteiger partial charge in [-0.25, -0.2) is 14.2 Å². The van der Waals surface area contributed by atoms with E-state index in [-0.39, 0.29) is 18.2 Å². The first-order valence-corrected chi connectivity index (χ1v) is 9.16. The van der Waals surface area contributed by atoms with E-state index in [0.29, 0.717) is 17.0 Å².